The molecule has 11 heteroatoms. The maximum atomic E-state index is 13.6. The second-order valence-corrected chi connectivity index (χ2v) is 8.70. The first-order valence-electron chi connectivity index (χ1n) is 11.2. The summed E-state index contributed by atoms with van der Waals surface area (Å²) in [5.41, 5.74) is 1.66. The molecule has 4 rings (SSSR count). The molecule has 7 nitrogen and oxygen atoms in total. The Kier molecular flexibility index (Phi) is 7.28. The van der Waals surface area contributed by atoms with E-state index in [1.807, 2.05) is 0 Å². The summed E-state index contributed by atoms with van der Waals surface area (Å²) in [7, 11) is 1.50. The van der Waals surface area contributed by atoms with Gasteiger partial charge >= 0.3 is 12.3 Å². The third-order valence-corrected chi connectivity index (χ3v) is 6.13. The molecule has 0 saturated heterocycles. The number of rotatable bonds is 8. The normalized spacial score (nSPS) is 12.3. The molecule has 3 aromatic carbocycles. The first-order chi connectivity index (χ1) is 17.9. The van der Waals surface area contributed by atoms with Crippen LogP contribution in [0.3, 0.4) is 0 Å². The Morgan fingerprint density at radius 1 is 1.00 bits per heavy atom. The zero-order chi connectivity index (χ0) is 27.8. The van der Waals surface area contributed by atoms with Crippen molar-refractivity contribution in [3.8, 4) is 22.9 Å². The van der Waals surface area contributed by atoms with Gasteiger partial charge in [0.2, 0.25) is 0 Å². The number of nitrogens with zero attached hydrogens (tertiary/aromatic N) is 1. The smallest absolute Gasteiger partial charge is 0.497 e. The number of aromatic nitrogens is 1. The molecule has 1 N–H and O–H groups in total. The number of benzene rings is 3. The lowest BCUT2D eigenvalue weighted by Gasteiger charge is -2.15. The molecule has 4 aromatic rings. The molecular formula is C27H21ClF3NO6. The fourth-order valence-corrected chi connectivity index (χ4v) is 4.22. The van der Waals surface area contributed by atoms with Gasteiger partial charge in [0.1, 0.15) is 17.2 Å². The summed E-state index contributed by atoms with van der Waals surface area (Å²) in [4.78, 5) is 24.9. The van der Waals surface area contributed by atoms with E-state index >= 15 is 0 Å². The Bertz CT molecular complexity index is 1530. The summed E-state index contributed by atoms with van der Waals surface area (Å²) in [5, 5.41) is 9.73. The van der Waals surface area contributed by atoms with Gasteiger partial charge < -0.3 is 23.9 Å². The lowest BCUT2D eigenvalue weighted by molar-refractivity contribution is -0.274. The number of carboxylic acids is 1. The van der Waals surface area contributed by atoms with Crippen LogP contribution >= 0.6 is 11.6 Å². The van der Waals surface area contributed by atoms with Crippen LogP contribution in [0.15, 0.2) is 60.7 Å². The standard InChI is InChI=1S/C27H21ClF3NO6/c1-14-24(25(33)16-4-7-18(36-3)8-5-16)20-10-9-19(38-27(29,30)31)13-22(20)32(14)17-6-11-21(28)23(12-17)37-15(2)26(34)35/h4-13,15H,1-3H3,(H,34,35). The van der Waals surface area contributed by atoms with Crippen LogP contribution in [0.1, 0.15) is 28.5 Å². The molecule has 1 unspecified atom stereocenters. The van der Waals surface area contributed by atoms with Crippen molar-refractivity contribution in [2.24, 2.45) is 0 Å². The number of ketones is 1. The number of alkyl halides is 3. The lowest BCUT2D eigenvalue weighted by Crippen LogP contribution is -2.23. The van der Waals surface area contributed by atoms with Crippen LogP contribution in [0.25, 0.3) is 16.6 Å². The van der Waals surface area contributed by atoms with Crippen LogP contribution in [0.4, 0.5) is 13.2 Å². The van der Waals surface area contributed by atoms with Crippen LogP contribution < -0.4 is 14.2 Å². The Morgan fingerprint density at radius 2 is 1.66 bits per heavy atom. The summed E-state index contributed by atoms with van der Waals surface area (Å²) in [6, 6.07) is 14.6. The number of carboxylic acid groups (broad SMARTS) is 1. The van der Waals surface area contributed by atoms with Crippen molar-refractivity contribution in [2.75, 3.05) is 7.11 Å². The Hall–Kier alpha value is -4.18. The van der Waals surface area contributed by atoms with E-state index in [9.17, 15) is 27.9 Å². The summed E-state index contributed by atoms with van der Waals surface area (Å²) < 4.78 is 55.2. The summed E-state index contributed by atoms with van der Waals surface area (Å²) >= 11 is 6.21. The highest BCUT2D eigenvalue weighted by molar-refractivity contribution is 6.32. The van der Waals surface area contributed by atoms with Crippen molar-refractivity contribution in [1.29, 1.82) is 0 Å². The maximum Gasteiger partial charge on any atom is 0.573 e. The fourth-order valence-electron chi connectivity index (χ4n) is 4.06. The number of carbonyl (C=O) groups is 2. The van der Waals surface area contributed by atoms with Gasteiger partial charge in [-0.15, -0.1) is 13.2 Å². The average Bonchev–Trinajstić information content (AvgIpc) is 3.14. The Balaban J connectivity index is 1.93. The SMILES string of the molecule is COc1ccc(C(=O)c2c(C)n(-c3ccc(Cl)c(OC(C)C(=O)O)c3)c3cc(OC(F)(F)F)ccc23)cc1. The molecule has 0 amide bonds. The molecule has 0 saturated carbocycles. The molecule has 0 aliphatic rings. The molecule has 1 aromatic heterocycles. The molecule has 0 radical (unpaired) electrons. The minimum Gasteiger partial charge on any atom is -0.497 e. The number of hydrogen-bond donors (Lipinski definition) is 1. The zero-order valence-corrected chi connectivity index (χ0v) is 21.1. The number of aliphatic carboxylic acids is 1. The zero-order valence-electron chi connectivity index (χ0n) is 20.3. The topological polar surface area (TPSA) is 87.0 Å². The quantitative estimate of drug-likeness (QED) is 0.251. The third kappa shape index (κ3) is 5.40. The number of hydrogen-bond acceptors (Lipinski definition) is 5. The summed E-state index contributed by atoms with van der Waals surface area (Å²) in [6.07, 6.45) is -6.14. The predicted octanol–water partition coefficient (Wildman–Crippen LogP) is 6.58. The highest BCUT2D eigenvalue weighted by Gasteiger charge is 2.32. The van der Waals surface area contributed by atoms with Gasteiger partial charge in [-0.1, -0.05) is 11.6 Å². The molecule has 0 bridgehead atoms. The maximum absolute atomic E-state index is 13.6. The highest BCUT2D eigenvalue weighted by atomic mass is 35.5. The van der Waals surface area contributed by atoms with Gasteiger partial charge in [-0.2, -0.15) is 0 Å². The minimum absolute atomic E-state index is 0.0473. The van der Waals surface area contributed by atoms with Crippen LogP contribution in [0, 0.1) is 6.92 Å². The second kappa shape index (κ2) is 10.3. The van der Waals surface area contributed by atoms with Crippen molar-refractivity contribution in [2.45, 2.75) is 26.3 Å². The van der Waals surface area contributed by atoms with Crippen LogP contribution in [-0.4, -0.2) is 41.0 Å². The van der Waals surface area contributed by atoms with E-state index in [1.165, 1.54) is 38.3 Å². The number of ether oxygens (including phenoxy) is 3. The molecule has 38 heavy (non-hydrogen) atoms. The first kappa shape index (κ1) is 26.9. The van der Waals surface area contributed by atoms with Crippen molar-refractivity contribution in [3.63, 3.8) is 0 Å². The van der Waals surface area contributed by atoms with Gasteiger partial charge in [0, 0.05) is 34.5 Å². The average molecular weight is 548 g/mol. The number of fused-ring (bicyclic) bond motifs is 1. The van der Waals surface area contributed by atoms with E-state index in [-0.39, 0.29) is 27.6 Å². The summed E-state index contributed by atoms with van der Waals surface area (Å²) in [6.45, 7) is 2.98. The number of carbonyl (C=O) groups excluding carboxylic acids is 1. The minimum atomic E-state index is -4.92. The second-order valence-electron chi connectivity index (χ2n) is 8.29. The molecule has 0 fully saturated rings. The van der Waals surface area contributed by atoms with E-state index in [2.05, 4.69) is 4.74 Å². The third-order valence-electron chi connectivity index (χ3n) is 5.81. The van der Waals surface area contributed by atoms with Crippen LogP contribution in [0.2, 0.25) is 5.02 Å². The first-order valence-corrected chi connectivity index (χ1v) is 11.6. The summed E-state index contributed by atoms with van der Waals surface area (Å²) in [5.74, 6) is -1.44. The molecule has 1 atom stereocenters. The van der Waals surface area contributed by atoms with Gasteiger partial charge in [0.15, 0.2) is 11.9 Å². The molecule has 1 heterocycles. The van der Waals surface area contributed by atoms with E-state index in [0.29, 0.717) is 28.1 Å². The van der Waals surface area contributed by atoms with Crippen LogP contribution in [-0.2, 0) is 4.79 Å². The van der Waals surface area contributed by atoms with Gasteiger partial charge in [-0.3, -0.25) is 4.79 Å². The van der Waals surface area contributed by atoms with Crippen molar-refractivity contribution >= 4 is 34.3 Å². The monoisotopic (exact) mass is 547 g/mol. The Labute approximate surface area is 219 Å². The molecule has 0 aliphatic carbocycles. The fraction of sp³-hybridized carbons (Fsp3) is 0.185. The van der Waals surface area contributed by atoms with Gasteiger partial charge in [-0.25, -0.2) is 4.79 Å². The highest BCUT2D eigenvalue weighted by Crippen LogP contribution is 2.37. The van der Waals surface area contributed by atoms with Gasteiger partial charge in [-0.05, 0) is 62.4 Å². The van der Waals surface area contributed by atoms with Crippen molar-refractivity contribution in [1.82, 2.24) is 4.57 Å². The Morgan fingerprint density at radius 3 is 2.26 bits per heavy atom. The lowest BCUT2D eigenvalue weighted by atomic mass is 10.0. The van der Waals surface area contributed by atoms with Crippen molar-refractivity contribution in [3.05, 3.63) is 82.5 Å². The predicted molar refractivity (Wildman–Crippen MR) is 134 cm³/mol. The largest absolute Gasteiger partial charge is 0.573 e. The molecule has 198 valence electrons. The number of halogens is 4. The van der Waals surface area contributed by atoms with E-state index in [4.69, 9.17) is 21.1 Å². The van der Waals surface area contributed by atoms with E-state index in [1.54, 1.807) is 41.8 Å². The molecular weight excluding hydrogens is 527 g/mol. The van der Waals surface area contributed by atoms with Crippen molar-refractivity contribution < 1.29 is 42.1 Å². The molecule has 0 aliphatic heterocycles. The van der Waals surface area contributed by atoms with Gasteiger partial charge in [0.25, 0.3) is 0 Å². The molecule has 0 spiro atoms. The van der Waals surface area contributed by atoms with Crippen LogP contribution in [0.5, 0.6) is 17.2 Å². The van der Waals surface area contributed by atoms with E-state index < -0.39 is 24.2 Å². The number of methoxy groups -OCH3 is 1. The van der Waals surface area contributed by atoms with Gasteiger partial charge in [0.05, 0.1) is 23.2 Å². The van der Waals surface area contributed by atoms with E-state index in [0.717, 1.165) is 6.07 Å².